The Labute approximate surface area is 160 Å². The van der Waals surface area contributed by atoms with Crippen molar-refractivity contribution >= 4 is 23.4 Å². The fraction of sp³-hybridized carbons (Fsp3) is 0.571. The summed E-state index contributed by atoms with van der Waals surface area (Å²) in [5, 5.41) is 2.85. The molecule has 146 valence electrons. The minimum atomic E-state index is -0.252. The van der Waals surface area contributed by atoms with E-state index in [0.717, 1.165) is 45.2 Å². The van der Waals surface area contributed by atoms with Crippen molar-refractivity contribution in [2.75, 3.05) is 31.1 Å². The Morgan fingerprint density at radius 2 is 1.74 bits per heavy atom. The molecule has 0 spiro atoms. The first-order valence-corrected chi connectivity index (χ1v) is 10.0. The molecular weight excluding hydrogens is 342 g/mol. The first-order chi connectivity index (χ1) is 13.1. The second-order valence-corrected chi connectivity index (χ2v) is 7.38. The maximum absolute atomic E-state index is 12.4. The summed E-state index contributed by atoms with van der Waals surface area (Å²) in [4.78, 5) is 40.5. The zero-order chi connectivity index (χ0) is 19.2. The number of nitrogens with one attached hydrogen (secondary N) is 1. The number of likely N-dealkylation sites (tertiary alicyclic amines) is 1. The highest BCUT2D eigenvalue weighted by molar-refractivity contribution is 6.07. The molecule has 2 aliphatic rings. The second-order valence-electron chi connectivity index (χ2n) is 7.38. The van der Waals surface area contributed by atoms with Crippen LogP contribution in [0.2, 0.25) is 0 Å². The van der Waals surface area contributed by atoms with Crippen LogP contribution in [0.1, 0.15) is 39.0 Å². The SMILES string of the molecule is CCN(CCCNC(=O)CN1C(=O)[C@H]2CCCC[C@@H]2C1=O)c1ccccc1. The molecule has 6 heteroatoms. The van der Waals surface area contributed by atoms with Crippen LogP contribution in [-0.2, 0) is 14.4 Å². The number of hydrogen-bond acceptors (Lipinski definition) is 4. The number of amides is 3. The number of imide groups is 1. The van der Waals surface area contributed by atoms with Crippen molar-refractivity contribution in [2.45, 2.75) is 39.0 Å². The number of fused-ring (bicyclic) bond motifs is 1. The Morgan fingerprint density at radius 3 is 2.33 bits per heavy atom. The monoisotopic (exact) mass is 371 g/mol. The van der Waals surface area contributed by atoms with Gasteiger partial charge in [-0.3, -0.25) is 19.3 Å². The van der Waals surface area contributed by atoms with Crippen LogP contribution in [0.25, 0.3) is 0 Å². The predicted octanol–water partition coefficient (Wildman–Crippen LogP) is 2.19. The van der Waals surface area contributed by atoms with Gasteiger partial charge in [0.1, 0.15) is 6.54 Å². The highest BCUT2D eigenvalue weighted by Gasteiger charge is 2.48. The van der Waals surface area contributed by atoms with Gasteiger partial charge in [0.05, 0.1) is 11.8 Å². The number of benzene rings is 1. The van der Waals surface area contributed by atoms with Gasteiger partial charge in [-0.2, -0.15) is 0 Å². The highest BCUT2D eigenvalue weighted by Crippen LogP contribution is 2.37. The third-order valence-electron chi connectivity index (χ3n) is 5.66. The molecule has 1 aromatic carbocycles. The van der Waals surface area contributed by atoms with Crippen molar-refractivity contribution in [1.82, 2.24) is 10.2 Å². The molecule has 0 aromatic heterocycles. The zero-order valence-electron chi connectivity index (χ0n) is 16.0. The Bertz CT molecular complexity index is 653. The van der Waals surface area contributed by atoms with Crippen molar-refractivity contribution in [3.8, 4) is 0 Å². The van der Waals surface area contributed by atoms with Crippen LogP contribution in [0.4, 0.5) is 5.69 Å². The summed E-state index contributed by atoms with van der Waals surface area (Å²) in [5.74, 6) is -0.939. The van der Waals surface area contributed by atoms with Crippen molar-refractivity contribution in [3.05, 3.63) is 30.3 Å². The van der Waals surface area contributed by atoms with E-state index in [4.69, 9.17) is 0 Å². The smallest absolute Gasteiger partial charge is 0.240 e. The van der Waals surface area contributed by atoms with Gasteiger partial charge in [-0.05, 0) is 38.3 Å². The van der Waals surface area contributed by atoms with Crippen LogP contribution >= 0.6 is 0 Å². The molecule has 1 heterocycles. The fourth-order valence-electron chi connectivity index (χ4n) is 4.19. The molecule has 27 heavy (non-hydrogen) atoms. The van der Waals surface area contributed by atoms with E-state index >= 15 is 0 Å². The molecule has 2 fully saturated rings. The molecule has 3 rings (SSSR count). The van der Waals surface area contributed by atoms with Crippen LogP contribution in [-0.4, -0.2) is 48.8 Å². The normalized spacial score (nSPS) is 21.9. The molecule has 1 saturated heterocycles. The number of carbonyl (C=O) groups is 3. The average molecular weight is 371 g/mol. The van der Waals surface area contributed by atoms with E-state index in [1.165, 1.54) is 10.6 Å². The number of anilines is 1. The van der Waals surface area contributed by atoms with Gasteiger partial charge in [-0.25, -0.2) is 0 Å². The standard InChI is InChI=1S/C21H29N3O3/c1-2-23(16-9-4-3-5-10-16)14-8-13-22-19(25)15-24-20(26)17-11-6-7-12-18(17)21(24)27/h3-5,9-10,17-18H,2,6-8,11-15H2,1H3,(H,22,25)/t17-,18-/m0/s1. The van der Waals surface area contributed by atoms with Crippen molar-refractivity contribution in [1.29, 1.82) is 0 Å². The fourth-order valence-corrected chi connectivity index (χ4v) is 4.19. The average Bonchev–Trinajstić information content (AvgIpc) is 2.94. The number of carbonyl (C=O) groups excluding carboxylic acids is 3. The lowest BCUT2D eigenvalue weighted by Gasteiger charge is -2.23. The van der Waals surface area contributed by atoms with Crippen molar-refractivity contribution in [3.63, 3.8) is 0 Å². The quantitative estimate of drug-likeness (QED) is 0.562. The van der Waals surface area contributed by atoms with E-state index in [2.05, 4.69) is 29.3 Å². The molecular formula is C21H29N3O3. The van der Waals surface area contributed by atoms with Gasteiger partial charge in [-0.1, -0.05) is 31.0 Å². The molecule has 0 bridgehead atoms. The molecule has 1 aliphatic heterocycles. The predicted molar refractivity (Wildman–Crippen MR) is 104 cm³/mol. The number of rotatable bonds is 8. The lowest BCUT2D eigenvalue weighted by atomic mass is 9.81. The Kier molecular flexibility index (Phi) is 6.48. The van der Waals surface area contributed by atoms with E-state index in [-0.39, 0.29) is 36.1 Å². The van der Waals surface area contributed by atoms with E-state index < -0.39 is 0 Å². The molecule has 6 nitrogen and oxygen atoms in total. The minimum absolute atomic E-state index is 0.138. The van der Waals surface area contributed by atoms with Gasteiger partial charge in [0.2, 0.25) is 17.7 Å². The molecule has 2 atom stereocenters. The summed E-state index contributed by atoms with van der Waals surface area (Å²) in [6, 6.07) is 10.2. The van der Waals surface area contributed by atoms with E-state index in [9.17, 15) is 14.4 Å². The van der Waals surface area contributed by atoms with Crippen LogP contribution in [0.15, 0.2) is 30.3 Å². The molecule has 0 unspecified atom stereocenters. The molecule has 0 radical (unpaired) electrons. The largest absolute Gasteiger partial charge is 0.372 e. The summed E-state index contributed by atoms with van der Waals surface area (Å²) in [6.07, 6.45) is 4.35. The highest BCUT2D eigenvalue weighted by atomic mass is 16.2. The summed E-state index contributed by atoms with van der Waals surface area (Å²) in [7, 11) is 0. The van der Waals surface area contributed by atoms with Gasteiger partial charge in [0, 0.05) is 25.3 Å². The van der Waals surface area contributed by atoms with Gasteiger partial charge in [0.15, 0.2) is 0 Å². The van der Waals surface area contributed by atoms with Crippen LogP contribution < -0.4 is 10.2 Å². The van der Waals surface area contributed by atoms with E-state index in [1.807, 2.05) is 18.2 Å². The summed E-state index contributed by atoms with van der Waals surface area (Å²) < 4.78 is 0. The first kappa shape index (κ1) is 19.4. The zero-order valence-corrected chi connectivity index (χ0v) is 16.0. The summed E-state index contributed by atoms with van der Waals surface area (Å²) in [6.45, 7) is 4.24. The summed E-state index contributed by atoms with van der Waals surface area (Å²) >= 11 is 0. The van der Waals surface area contributed by atoms with Crippen molar-refractivity contribution in [2.24, 2.45) is 11.8 Å². The Hall–Kier alpha value is -2.37. The number of hydrogen-bond donors (Lipinski definition) is 1. The van der Waals surface area contributed by atoms with Gasteiger partial charge < -0.3 is 10.2 Å². The lowest BCUT2D eigenvalue weighted by molar-refractivity contribution is -0.143. The Balaban J connectivity index is 1.42. The minimum Gasteiger partial charge on any atom is -0.372 e. The van der Waals surface area contributed by atoms with Gasteiger partial charge >= 0.3 is 0 Å². The van der Waals surface area contributed by atoms with Crippen molar-refractivity contribution < 1.29 is 14.4 Å². The maximum atomic E-state index is 12.4. The third kappa shape index (κ3) is 4.49. The van der Waals surface area contributed by atoms with Gasteiger partial charge in [-0.15, -0.1) is 0 Å². The lowest BCUT2D eigenvalue weighted by Crippen LogP contribution is -2.41. The number of nitrogens with zero attached hydrogens (tertiary/aromatic N) is 2. The van der Waals surface area contributed by atoms with Crippen LogP contribution in [0, 0.1) is 11.8 Å². The van der Waals surface area contributed by atoms with E-state index in [1.54, 1.807) is 0 Å². The molecule has 1 aliphatic carbocycles. The van der Waals surface area contributed by atoms with Gasteiger partial charge in [0.25, 0.3) is 0 Å². The second kappa shape index (κ2) is 9.02. The molecule has 1 aromatic rings. The van der Waals surface area contributed by atoms with Crippen LogP contribution in [0.3, 0.4) is 0 Å². The number of para-hydroxylation sites is 1. The summed E-state index contributed by atoms with van der Waals surface area (Å²) in [5.41, 5.74) is 1.17. The maximum Gasteiger partial charge on any atom is 0.240 e. The first-order valence-electron chi connectivity index (χ1n) is 10.0. The molecule has 1 N–H and O–H groups in total. The Morgan fingerprint density at radius 1 is 1.11 bits per heavy atom. The molecule has 1 saturated carbocycles. The molecule has 3 amide bonds. The van der Waals surface area contributed by atoms with E-state index in [0.29, 0.717) is 6.54 Å². The van der Waals surface area contributed by atoms with Crippen LogP contribution in [0.5, 0.6) is 0 Å². The third-order valence-corrected chi connectivity index (χ3v) is 5.66. The topological polar surface area (TPSA) is 69.7 Å².